The minimum absolute atomic E-state index is 0.0562. The minimum Gasteiger partial charge on any atom is -0.491 e. The van der Waals surface area contributed by atoms with Crippen LogP contribution in [0.4, 0.5) is 26.0 Å². The minimum atomic E-state index is -0.943. The second-order valence-electron chi connectivity index (χ2n) is 11.3. The fourth-order valence-electron chi connectivity index (χ4n) is 4.98. The number of hydrogen-bond donors (Lipinski definition) is 3. The Hall–Kier alpha value is -3.42. The van der Waals surface area contributed by atoms with Crippen LogP contribution < -0.4 is 15.4 Å². The van der Waals surface area contributed by atoms with Crippen LogP contribution in [0.15, 0.2) is 48.6 Å². The first-order chi connectivity index (χ1) is 20.6. The molecular weight excluding hydrogens is 584 g/mol. The molecule has 3 heterocycles. The first-order valence-corrected chi connectivity index (χ1v) is 14.3. The Labute approximate surface area is 253 Å². The highest BCUT2D eigenvalue weighted by Crippen LogP contribution is 2.36. The summed E-state index contributed by atoms with van der Waals surface area (Å²) in [7, 11) is 0. The summed E-state index contributed by atoms with van der Waals surface area (Å²) >= 11 is 5.94. The van der Waals surface area contributed by atoms with Crippen LogP contribution in [-0.4, -0.2) is 84.7 Å². The molecular formula is C30H34ClF2N5O5. The van der Waals surface area contributed by atoms with Crippen molar-refractivity contribution in [2.45, 2.75) is 20.0 Å². The van der Waals surface area contributed by atoms with E-state index in [0.717, 1.165) is 0 Å². The highest BCUT2D eigenvalue weighted by molar-refractivity contribution is 6.31. The number of likely N-dealkylation sites (tertiary alicyclic amines) is 1. The fourth-order valence-corrected chi connectivity index (χ4v) is 5.17. The van der Waals surface area contributed by atoms with Crippen LogP contribution in [0.2, 0.25) is 5.02 Å². The van der Waals surface area contributed by atoms with Gasteiger partial charge in [0.25, 0.3) is 5.91 Å². The van der Waals surface area contributed by atoms with Crippen molar-refractivity contribution in [3.05, 3.63) is 59.4 Å². The number of carbonyl (C=O) groups excluding carboxylic acids is 1. The van der Waals surface area contributed by atoms with Gasteiger partial charge in [0.2, 0.25) is 0 Å². The number of rotatable bonds is 12. The van der Waals surface area contributed by atoms with Crippen molar-refractivity contribution in [1.29, 1.82) is 0 Å². The summed E-state index contributed by atoms with van der Waals surface area (Å²) in [5.74, 6) is -1.53. The van der Waals surface area contributed by atoms with Gasteiger partial charge in [-0.15, -0.1) is 0 Å². The fraction of sp³-hybridized carbons (Fsp3) is 0.433. The van der Waals surface area contributed by atoms with E-state index >= 15 is 4.39 Å². The van der Waals surface area contributed by atoms with E-state index < -0.39 is 17.6 Å². The van der Waals surface area contributed by atoms with E-state index in [1.807, 2.05) is 18.7 Å². The van der Waals surface area contributed by atoms with E-state index in [1.165, 1.54) is 30.6 Å². The third-order valence-corrected chi connectivity index (χ3v) is 7.72. The summed E-state index contributed by atoms with van der Waals surface area (Å²) in [5.41, 5.74) is 1.04. The van der Waals surface area contributed by atoms with Crippen LogP contribution in [0, 0.1) is 17.2 Å². The van der Waals surface area contributed by atoms with Gasteiger partial charge in [0, 0.05) is 42.2 Å². The van der Waals surface area contributed by atoms with Gasteiger partial charge in [0.1, 0.15) is 23.7 Å². The van der Waals surface area contributed by atoms with Gasteiger partial charge >= 0.3 is 0 Å². The molecule has 13 heteroatoms. The lowest BCUT2D eigenvalue weighted by Crippen LogP contribution is -2.44. The maximum absolute atomic E-state index is 15.1. The Morgan fingerprint density at radius 1 is 1.28 bits per heavy atom. The summed E-state index contributed by atoms with van der Waals surface area (Å²) in [6, 6.07) is 7.43. The van der Waals surface area contributed by atoms with Crippen LogP contribution in [0.5, 0.6) is 5.75 Å². The number of fused-ring (bicyclic) bond motifs is 1. The number of carbonyl (C=O) groups is 1. The van der Waals surface area contributed by atoms with Crippen molar-refractivity contribution in [1.82, 2.24) is 14.9 Å². The van der Waals surface area contributed by atoms with Gasteiger partial charge in [-0.05, 0) is 36.3 Å². The normalized spacial score (nSPS) is 20.2. The number of hydrogen-bond acceptors (Lipinski definition) is 9. The molecule has 2 aliphatic heterocycles. The Balaban J connectivity index is 1.37. The largest absolute Gasteiger partial charge is 0.491 e. The lowest BCUT2D eigenvalue weighted by atomic mass is 9.90. The molecule has 0 bridgehead atoms. The van der Waals surface area contributed by atoms with E-state index in [9.17, 15) is 9.18 Å². The molecule has 5 rings (SSSR count). The molecule has 0 unspecified atom stereocenters. The molecule has 2 fully saturated rings. The van der Waals surface area contributed by atoms with Crippen molar-refractivity contribution in [2.24, 2.45) is 11.3 Å². The topological polar surface area (TPSA) is 118 Å². The molecule has 0 radical (unpaired) electrons. The molecule has 2 saturated heterocycles. The zero-order valence-corrected chi connectivity index (χ0v) is 24.7. The average molecular weight is 618 g/mol. The van der Waals surface area contributed by atoms with Gasteiger partial charge < -0.3 is 30.0 Å². The number of amides is 1. The van der Waals surface area contributed by atoms with Crippen LogP contribution in [0.3, 0.4) is 0 Å². The summed E-state index contributed by atoms with van der Waals surface area (Å²) in [6.07, 6.45) is 2.53. The molecule has 43 heavy (non-hydrogen) atoms. The zero-order chi connectivity index (χ0) is 30.6. The molecule has 10 nitrogen and oxygen atoms in total. The molecule has 3 aromatic rings. The molecule has 0 spiro atoms. The molecule has 0 saturated carbocycles. The number of aliphatic hydroxyl groups excluding tert-OH is 1. The van der Waals surface area contributed by atoms with Gasteiger partial charge in [0.15, 0.2) is 5.83 Å². The first kappa shape index (κ1) is 31.0. The van der Waals surface area contributed by atoms with Gasteiger partial charge in [-0.3, -0.25) is 9.69 Å². The van der Waals surface area contributed by atoms with Gasteiger partial charge in [-0.2, -0.15) is 0 Å². The Kier molecular flexibility index (Phi) is 9.72. The van der Waals surface area contributed by atoms with Crippen molar-refractivity contribution >= 4 is 45.6 Å². The van der Waals surface area contributed by atoms with E-state index in [0.29, 0.717) is 61.1 Å². The first-order valence-electron chi connectivity index (χ1n) is 14.0. The number of ether oxygens (including phenoxy) is 3. The molecule has 1 aromatic heterocycles. The summed E-state index contributed by atoms with van der Waals surface area (Å²) < 4.78 is 45.8. The Morgan fingerprint density at radius 2 is 2.09 bits per heavy atom. The number of benzene rings is 2. The van der Waals surface area contributed by atoms with E-state index in [-0.39, 0.29) is 47.9 Å². The van der Waals surface area contributed by atoms with Crippen LogP contribution in [0.1, 0.15) is 13.8 Å². The third kappa shape index (κ3) is 7.57. The Bertz CT molecular complexity index is 1510. The van der Waals surface area contributed by atoms with Gasteiger partial charge in [-0.25, -0.2) is 18.7 Å². The number of nitrogens with one attached hydrogen (secondary N) is 2. The second-order valence-corrected chi connectivity index (χ2v) is 11.7. The quantitative estimate of drug-likeness (QED) is 0.249. The standard InChI is InChI=1S/C30H34ClF2N5O5/c1-18-12-38(13-27(18)42-8-7-39)6-5-23(33)29(40)37-25-10-20-24(11-26(25)43-16-30(2)14-41-15-30)34-17-35-28(20)36-19-3-4-22(32)21(31)9-19/h3-5,9-11,17-18,27,39H,6-8,12-16H2,1-2H3,(H,37,40)(H,34,35,36)/b23-5+/t18-,27+/m0/s1. The molecule has 3 N–H and O–H groups in total. The maximum Gasteiger partial charge on any atom is 0.284 e. The highest BCUT2D eigenvalue weighted by Gasteiger charge is 2.35. The van der Waals surface area contributed by atoms with E-state index in [4.69, 9.17) is 30.9 Å². The summed E-state index contributed by atoms with van der Waals surface area (Å²) in [5, 5.41) is 15.2. The molecule has 2 aromatic carbocycles. The summed E-state index contributed by atoms with van der Waals surface area (Å²) in [4.78, 5) is 23.6. The SMILES string of the molecule is C[C@H]1CN(C/C=C(/F)C(=O)Nc2cc3c(Nc4ccc(F)c(Cl)c4)ncnc3cc2OCC2(C)COC2)C[C@H]1OCCO. The number of aromatic nitrogens is 2. The highest BCUT2D eigenvalue weighted by atomic mass is 35.5. The molecule has 0 aliphatic carbocycles. The monoisotopic (exact) mass is 617 g/mol. The van der Waals surface area contributed by atoms with Gasteiger partial charge in [0.05, 0.1) is 55.4 Å². The van der Waals surface area contributed by atoms with Crippen molar-refractivity contribution in [3.8, 4) is 5.75 Å². The summed E-state index contributed by atoms with van der Waals surface area (Å²) in [6.45, 7) is 7.12. The van der Waals surface area contributed by atoms with Crippen LogP contribution >= 0.6 is 11.6 Å². The maximum atomic E-state index is 15.1. The number of aliphatic hydroxyl groups is 1. The molecule has 230 valence electrons. The smallest absolute Gasteiger partial charge is 0.284 e. The number of nitrogens with zero attached hydrogens (tertiary/aromatic N) is 3. The molecule has 1 amide bonds. The zero-order valence-electron chi connectivity index (χ0n) is 23.9. The second kappa shape index (κ2) is 13.5. The predicted octanol–water partition coefficient (Wildman–Crippen LogP) is 4.70. The molecule has 2 atom stereocenters. The van der Waals surface area contributed by atoms with E-state index in [1.54, 1.807) is 12.1 Å². The number of anilines is 3. The number of halogens is 3. The van der Waals surface area contributed by atoms with Gasteiger partial charge in [-0.1, -0.05) is 25.4 Å². The van der Waals surface area contributed by atoms with Crippen molar-refractivity contribution in [3.63, 3.8) is 0 Å². The average Bonchev–Trinajstić information content (AvgIpc) is 3.33. The van der Waals surface area contributed by atoms with Crippen molar-refractivity contribution in [2.75, 3.05) is 63.3 Å². The van der Waals surface area contributed by atoms with Crippen LogP contribution in [-0.2, 0) is 14.3 Å². The van der Waals surface area contributed by atoms with Crippen LogP contribution in [0.25, 0.3) is 10.9 Å². The lowest BCUT2D eigenvalue weighted by molar-refractivity contribution is -0.120. The predicted molar refractivity (Wildman–Crippen MR) is 159 cm³/mol. The Morgan fingerprint density at radius 3 is 2.81 bits per heavy atom. The van der Waals surface area contributed by atoms with E-state index in [2.05, 4.69) is 20.6 Å². The molecule has 2 aliphatic rings. The van der Waals surface area contributed by atoms with Crippen molar-refractivity contribution < 1.29 is 32.9 Å². The third-order valence-electron chi connectivity index (χ3n) is 7.43. The lowest BCUT2D eigenvalue weighted by Gasteiger charge is -2.37.